The zero-order valence-electron chi connectivity index (χ0n) is 8.35. The van der Waals surface area contributed by atoms with E-state index in [1.165, 1.54) is 19.0 Å². The Morgan fingerprint density at radius 1 is 1.53 bits per heavy atom. The van der Waals surface area contributed by atoms with Gasteiger partial charge in [0.1, 0.15) is 11.9 Å². The minimum Gasteiger partial charge on any atom is -0.367 e. The molecule has 0 aliphatic heterocycles. The first kappa shape index (κ1) is 9.87. The second kappa shape index (κ2) is 4.24. The molecule has 1 saturated carbocycles. The van der Waals surface area contributed by atoms with Crippen LogP contribution in [-0.4, -0.2) is 22.6 Å². The quantitative estimate of drug-likeness (QED) is 0.743. The largest absolute Gasteiger partial charge is 0.367 e. The van der Waals surface area contributed by atoms with Gasteiger partial charge in [0.2, 0.25) is 0 Å². The molecule has 78 valence electrons. The SMILES string of the molecule is N#Cc1cnc(NCC(N)C2CC2)cn1. The molecule has 1 aliphatic carbocycles. The molecule has 1 fully saturated rings. The molecule has 1 aliphatic rings. The Morgan fingerprint density at radius 2 is 2.33 bits per heavy atom. The molecule has 2 rings (SSSR count). The van der Waals surface area contributed by atoms with Crippen molar-refractivity contribution in [3.63, 3.8) is 0 Å². The van der Waals surface area contributed by atoms with E-state index < -0.39 is 0 Å². The van der Waals surface area contributed by atoms with Gasteiger partial charge in [-0.05, 0) is 18.8 Å². The molecule has 0 radical (unpaired) electrons. The molecule has 0 amide bonds. The standard InChI is InChI=1S/C10H13N5/c11-3-8-4-14-10(6-13-8)15-5-9(12)7-1-2-7/h4,6-7,9H,1-2,5,12H2,(H,14,15). The maximum Gasteiger partial charge on any atom is 0.158 e. The van der Waals surface area contributed by atoms with E-state index in [0.29, 0.717) is 24.0 Å². The number of rotatable bonds is 4. The zero-order valence-corrected chi connectivity index (χ0v) is 8.35. The van der Waals surface area contributed by atoms with Gasteiger partial charge in [0.05, 0.1) is 12.4 Å². The highest BCUT2D eigenvalue weighted by Gasteiger charge is 2.28. The lowest BCUT2D eigenvalue weighted by atomic mass is 10.2. The van der Waals surface area contributed by atoms with Crippen LogP contribution >= 0.6 is 0 Å². The van der Waals surface area contributed by atoms with Gasteiger partial charge in [-0.1, -0.05) is 0 Å². The number of hydrogen-bond donors (Lipinski definition) is 2. The van der Waals surface area contributed by atoms with Crippen molar-refractivity contribution in [3.8, 4) is 6.07 Å². The van der Waals surface area contributed by atoms with E-state index in [1.54, 1.807) is 6.20 Å². The van der Waals surface area contributed by atoms with Gasteiger partial charge in [-0.25, -0.2) is 9.97 Å². The first-order valence-electron chi connectivity index (χ1n) is 5.01. The van der Waals surface area contributed by atoms with Gasteiger partial charge < -0.3 is 11.1 Å². The number of nitriles is 1. The van der Waals surface area contributed by atoms with Crippen molar-refractivity contribution in [1.29, 1.82) is 5.26 Å². The normalized spacial score (nSPS) is 16.8. The number of nitrogens with zero attached hydrogens (tertiary/aromatic N) is 3. The number of aromatic nitrogens is 2. The zero-order chi connectivity index (χ0) is 10.7. The van der Waals surface area contributed by atoms with Crippen LogP contribution in [0.2, 0.25) is 0 Å². The lowest BCUT2D eigenvalue weighted by Gasteiger charge is -2.11. The predicted octanol–water partition coefficient (Wildman–Crippen LogP) is 0.497. The van der Waals surface area contributed by atoms with Crippen LogP contribution in [0.1, 0.15) is 18.5 Å². The summed E-state index contributed by atoms with van der Waals surface area (Å²) in [5, 5.41) is 11.6. The van der Waals surface area contributed by atoms with E-state index in [1.807, 2.05) is 6.07 Å². The Bertz CT molecular complexity index is 362. The summed E-state index contributed by atoms with van der Waals surface area (Å²) in [6.07, 6.45) is 5.48. The molecule has 1 heterocycles. The maximum absolute atomic E-state index is 8.53. The summed E-state index contributed by atoms with van der Waals surface area (Å²) < 4.78 is 0. The molecule has 1 unspecified atom stereocenters. The monoisotopic (exact) mass is 203 g/mol. The van der Waals surface area contributed by atoms with Crippen molar-refractivity contribution in [2.24, 2.45) is 11.7 Å². The van der Waals surface area contributed by atoms with E-state index in [4.69, 9.17) is 11.0 Å². The van der Waals surface area contributed by atoms with Crippen molar-refractivity contribution in [2.75, 3.05) is 11.9 Å². The molecule has 0 bridgehead atoms. The second-order valence-electron chi connectivity index (χ2n) is 3.78. The number of hydrogen-bond acceptors (Lipinski definition) is 5. The van der Waals surface area contributed by atoms with E-state index in [9.17, 15) is 0 Å². The summed E-state index contributed by atoms with van der Waals surface area (Å²) in [6.45, 7) is 0.714. The molecule has 3 N–H and O–H groups in total. The van der Waals surface area contributed by atoms with E-state index in [-0.39, 0.29) is 6.04 Å². The van der Waals surface area contributed by atoms with Crippen LogP contribution in [0.25, 0.3) is 0 Å². The van der Waals surface area contributed by atoms with Crippen molar-refractivity contribution in [1.82, 2.24) is 9.97 Å². The van der Waals surface area contributed by atoms with Crippen LogP contribution in [0.5, 0.6) is 0 Å². The van der Waals surface area contributed by atoms with Crippen molar-refractivity contribution in [3.05, 3.63) is 18.1 Å². The third-order valence-corrected chi connectivity index (χ3v) is 2.51. The molecular weight excluding hydrogens is 190 g/mol. The molecule has 0 saturated heterocycles. The molecule has 1 aromatic heterocycles. The summed E-state index contributed by atoms with van der Waals surface area (Å²) in [5.74, 6) is 1.34. The third-order valence-electron chi connectivity index (χ3n) is 2.51. The van der Waals surface area contributed by atoms with Crippen LogP contribution in [0.4, 0.5) is 5.82 Å². The fourth-order valence-electron chi connectivity index (χ4n) is 1.39. The van der Waals surface area contributed by atoms with Crippen molar-refractivity contribution < 1.29 is 0 Å². The Labute approximate surface area is 88.3 Å². The smallest absolute Gasteiger partial charge is 0.158 e. The van der Waals surface area contributed by atoms with Gasteiger partial charge in [0, 0.05) is 12.6 Å². The minimum atomic E-state index is 0.197. The van der Waals surface area contributed by atoms with Crippen molar-refractivity contribution in [2.45, 2.75) is 18.9 Å². The summed E-state index contributed by atoms with van der Waals surface area (Å²) in [6, 6.07) is 2.12. The van der Waals surface area contributed by atoms with Gasteiger partial charge in [0.15, 0.2) is 5.69 Å². The maximum atomic E-state index is 8.53. The highest BCUT2D eigenvalue weighted by Crippen LogP contribution is 2.31. The molecular formula is C10H13N5. The Balaban J connectivity index is 1.85. The minimum absolute atomic E-state index is 0.197. The predicted molar refractivity (Wildman–Crippen MR) is 55.9 cm³/mol. The number of anilines is 1. The van der Waals surface area contributed by atoms with Gasteiger partial charge in [0.25, 0.3) is 0 Å². The second-order valence-corrected chi connectivity index (χ2v) is 3.78. The molecule has 5 heteroatoms. The lowest BCUT2D eigenvalue weighted by molar-refractivity contribution is 0.620. The van der Waals surface area contributed by atoms with E-state index in [0.717, 1.165) is 0 Å². The average molecular weight is 203 g/mol. The first-order valence-corrected chi connectivity index (χ1v) is 5.01. The lowest BCUT2D eigenvalue weighted by Crippen LogP contribution is -2.31. The summed E-state index contributed by atoms with van der Waals surface area (Å²) >= 11 is 0. The Kier molecular flexibility index (Phi) is 2.79. The summed E-state index contributed by atoms with van der Waals surface area (Å²) in [7, 11) is 0. The van der Waals surface area contributed by atoms with Gasteiger partial charge in [-0.2, -0.15) is 5.26 Å². The topological polar surface area (TPSA) is 87.6 Å². The van der Waals surface area contributed by atoms with E-state index >= 15 is 0 Å². The number of nitrogens with two attached hydrogens (primary N) is 1. The van der Waals surface area contributed by atoms with E-state index in [2.05, 4.69) is 15.3 Å². The number of nitrogens with one attached hydrogen (secondary N) is 1. The van der Waals surface area contributed by atoms with Crippen LogP contribution in [0.3, 0.4) is 0 Å². The molecule has 1 aromatic rings. The third kappa shape index (κ3) is 2.64. The molecule has 1 atom stereocenters. The van der Waals surface area contributed by atoms with Gasteiger partial charge in [-0.3, -0.25) is 0 Å². The summed E-state index contributed by atoms with van der Waals surface area (Å²) in [5.41, 5.74) is 6.25. The molecule has 15 heavy (non-hydrogen) atoms. The Morgan fingerprint density at radius 3 is 2.87 bits per heavy atom. The molecule has 0 spiro atoms. The fourth-order valence-corrected chi connectivity index (χ4v) is 1.39. The first-order chi connectivity index (χ1) is 7.29. The van der Waals surface area contributed by atoms with Gasteiger partial charge >= 0.3 is 0 Å². The van der Waals surface area contributed by atoms with Crippen LogP contribution in [-0.2, 0) is 0 Å². The Hall–Kier alpha value is -1.67. The average Bonchev–Trinajstić information content (AvgIpc) is 3.10. The molecule has 5 nitrogen and oxygen atoms in total. The summed E-state index contributed by atoms with van der Waals surface area (Å²) in [4.78, 5) is 7.96. The fraction of sp³-hybridized carbons (Fsp3) is 0.500. The van der Waals surface area contributed by atoms with Gasteiger partial charge in [-0.15, -0.1) is 0 Å². The highest BCUT2D eigenvalue weighted by molar-refractivity contribution is 5.33. The van der Waals surface area contributed by atoms with Crippen LogP contribution < -0.4 is 11.1 Å². The van der Waals surface area contributed by atoms with Crippen LogP contribution in [0.15, 0.2) is 12.4 Å². The van der Waals surface area contributed by atoms with Crippen LogP contribution in [0, 0.1) is 17.2 Å². The molecule has 0 aromatic carbocycles. The van der Waals surface area contributed by atoms with Crippen molar-refractivity contribution >= 4 is 5.82 Å². The highest BCUT2D eigenvalue weighted by atomic mass is 15.0.